The molecule has 0 aliphatic carbocycles. The molecule has 0 bridgehead atoms. The highest BCUT2D eigenvalue weighted by Gasteiger charge is 2.13. The fraction of sp³-hybridized carbons (Fsp3) is 0.200. The predicted octanol–water partition coefficient (Wildman–Crippen LogP) is 0.767. The van der Waals surface area contributed by atoms with E-state index in [1.807, 2.05) is 5.43 Å². The van der Waals surface area contributed by atoms with Gasteiger partial charge in [0.15, 0.2) is 16.9 Å². The number of nitrogens with two attached hydrogens (primary N) is 1. The molecule has 0 saturated heterocycles. The Bertz CT molecular complexity index is 768. The molecular formula is C15H17N3O4. The molecule has 0 aliphatic rings. The molecule has 0 unspecified atom stereocenters. The number of aromatic nitrogens is 1. The number of nitrogens with one attached hydrogen (secondary N) is 1. The molecule has 0 saturated carbocycles. The van der Waals surface area contributed by atoms with Crippen LogP contribution >= 0.6 is 0 Å². The lowest BCUT2D eigenvalue weighted by Crippen LogP contribution is -2.34. The van der Waals surface area contributed by atoms with Crippen molar-refractivity contribution in [2.45, 2.75) is 6.92 Å². The average molecular weight is 303 g/mol. The Morgan fingerprint density at radius 1 is 1.18 bits per heavy atom. The zero-order valence-corrected chi connectivity index (χ0v) is 12.5. The minimum Gasteiger partial charge on any atom is -0.493 e. The molecule has 7 heteroatoms. The van der Waals surface area contributed by atoms with E-state index in [0.29, 0.717) is 17.2 Å². The van der Waals surface area contributed by atoms with Crippen molar-refractivity contribution in [2.24, 2.45) is 5.84 Å². The molecule has 116 valence electrons. The second-order valence-electron chi connectivity index (χ2n) is 4.58. The van der Waals surface area contributed by atoms with Crippen LogP contribution in [0.25, 0.3) is 5.69 Å². The number of carbonyl (C=O) groups excluding carboxylic acids is 1. The molecule has 1 heterocycles. The maximum absolute atomic E-state index is 11.9. The summed E-state index contributed by atoms with van der Waals surface area (Å²) in [6, 6.07) is 6.67. The quantitative estimate of drug-likeness (QED) is 0.494. The van der Waals surface area contributed by atoms with Gasteiger partial charge in [0.25, 0.3) is 5.91 Å². The fourth-order valence-corrected chi connectivity index (χ4v) is 2.13. The highest BCUT2D eigenvalue weighted by Crippen LogP contribution is 2.29. The normalized spacial score (nSPS) is 10.2. The lowest BCUT2D eigenvalue weighted by molar-refractivity contribution is 0.0952. The van der Waals surface area contributed by atoms with E-state index >= 15 is 0 Å². The number of pyridine rings is 1. The van der Waals surface area contributed by atoms with Gasteiger partial charge in [0, 0.05) is 29.7 Å². The Labute approximate surface area is 127 Å². The van der Waals surface area contributed by atoms with E-state index in [9.17, 15) is 9.59 Å². The number of methoxy groups -OCH3 is 2. The zero-order chi connectivity index (χ0) is 16.3. The van der Waals surface area contributed by atoms with E-state index in [4.69, 9.17) is 15.3 Å². The summed E-state index contributed by atoms with van der Waals surface area (Å²) >= 11 is 0. The van der Waals surface area contributed by atoms with E-state index < -0.39 is 11.3 Å². The van der Waals surface area contributed by atoms with Crippen LogP contribution in [-0.2, 0) is 0 Å². The maximum Gasteiger partial charge on any atom is 0.270 e. The number of carbonyl (C=O) groups is 1. The molecule has 1 aromatic heterocycles. The Hall–Kier alpha value is -2.80. The van der Waals surface area contributed by atoms with Crippen molar-refractivity contribution in [2.75, 3.05) is 14.2 Å². The molecule has 0 spiro atoms. The van der Waals surface area contributed by atoms with Crippen LogP contribution in [0, 0.1) is 6.92 Å². The molecule has 2 rings (SSSR count). The molecule has 22 heavy (non-hydrogen) atoms. The lowest BCUT2D eigenvalue weighted by atomic mass is 10.2. The van der Waals surface area contributed by atoms with E-state index in [-0.39, 0.29) is 5.56 Å². The average Bonchev–Trinajstić information content (AvgIpc) is 2.53. The number of aryl methyl sites for hydroxylation is 1. The van der Waals surface area contributed by atoms with Crippen molar-refractivity contribution in [1.29, 1.82) is 0 Å². The van der Waals surface area contributed by atoms with Gasteiger partial charge in [-0.25, -0.2) is 5.84 Å². The zero-order valence-electron chi connectivity index (χ0n) is 12.5. The summed E-state index contributed by atoms with van der Waals surface area (Å²) in [6.45, 7) is 1.77. The highest BCUT2D eigenvalue weighted by molar-refractivity contribution is 5.93. The van der Waals surface area contributed by atoms with Crippen molar-refractivity contribution in [3.05, 3.63) is 51.9 Å². The Morgan fingerprint density at radius 3 is 2.45 bits per heavy atom. The van der Waals surface area contributed by atoms with Gasteiger partial charge in [-0.15, -0.1) is 0 Å². The van der Waals surface area contributed by atoms with Gasteiger partial charge >= 0.3 is 0 Å². The second kappa shape index (κ2) is 6.31. The summed E-state index contributed by atoms with van der Waals surface area (Å²) in [4.78, 5) is 23.5. The number of ether oxygens (including phenoxy) is 2. The SMILES string of the molecule is COc1ccc(-n2cc(C(=O)NN)c(=O)cc2C)cc1OC. The third-order valence-electron chi connectivity index (χ3n) is 3.26. The maximum atomic E-state index is 11.9. The van der Waals surface area contributed by atoms with Crippen LogP contribution in [0.1, 0.15) is 16.1 Å². The summed E-state index contributed by atoms with van der Waals surface area (Å²) < 4.78 is 12.2. The van der Waals surface area contributed by atoms with Crippen LogP contribution in [0.3, 0.4) is 0 Å². The number of amides is 1. The second-order valence-corrected chi connectivity index (χ2v) is 4.58. The Balaban J connectivity index is 2.62. The monoisotopic (exact) mass is 303 g/mol. The first-order valence-corrected chi connectivity index (χ1v) is 6.48. The lowest BCUT2D eigenvalue weighted by Gasteiger charge is -2.15. The number of nitrogen functional groups attached to an aromatic ring is 1. The smallest absolute Gasteiger partial charge is 0.270 e. The van der Waals surface area contributed by atoms with E-state index in [0.717, 1.165) is 5.69 Å². The van der Waals surface area contributed by atoms with Gasteiger partial charge in [-0.05, 0) is 19.1 Å². The first-order chi connectivity index (χ1) is 10.5. The highest BCUT2D eigenvalue weighted by atomic mass is 16.5. The molecule has 0 radical (unpaired) electrons. The number of hydrogen-bond acceptors (Lipinski definition) is 5. The standard InChI is InChI=1S/C15H17N3O4/c1-9-6-12(19)11(15(20)17-16)8-18(9)10-4-5-13(21-2)14(7-10)22-3/h4-8H,16H2,1-3H3,(H,17,20). The molecule has 1 aromatic carbocycles. The van der Waals surface area contributed by atoms with Gasteiger partial charge in [-0.1, -0.05) is 0 Å². The van der Waals surface area contributed by atoms with Gasteiger partial charge in [-0.2, -0.15) is 0 Å². The molecule has 7 nitrogen and oxygen atoms in total. The molecule has 2 aromatic rings. The van der Waals surface area contributed by atoms with Crippen molar-refractivity contribution in [3.63, 3.8) is 0 Å². The van der Waals surface area contributed by atoms with E-state index in [2.05, 4.69) is 0 Å². The Morgan fingerprint density at radius 2 is 1.86 bits per heavy atom. The van der Waals surface area contributed by atoms with Gasteiger partial charge in [0.05, 0.1) is 14.2 Å². The van der Waals surface area contributed by atoms with Crippen LogP contribution in [0.5, 0.6) is 11.5 Å². The number of hydrazine groups is 1. The fourth-order valence-electron chi connectivity index (χ4n) is 2.13. The first-order valence-electron chi connectivity index (χ1n) is 6.48. The van der Waals surface area contributed by atoms with Gasteiger partial charge < -0.3 is 14.0 Å². The first kappa shape index (κ1) is 15.6. The van der Waals surface area contributed by atoms with Crippen molar-refractivity contribution in [1.82, 2.24) is 9.99 Å². The molecule has 0 fully saturated rings. The summed E-state index contributed by atoms with van der Waals surface area (Å²) in [5.74, 6) is 5.59. The minimum atomic E-state index is -0.640. The van der Waals surface area contributed by atoms with Crippen LogP contribution in [0.15, 0.2) is 35.3 Å². The predicted molar refractivity (Wildman–Crippen MR) is 81.5 cm³/mol. The van der Waals surface area contributed by atoms with Crippen LogP contribution in [0.4, 0.5) is 0 Å². The number of rotatable bonds is 4. The number of hydrogen-bond donors (Lipinski definition) is 2. The largest absolute Gasteiger partial charge is 0.493 e. The minimum absolute atomic E-state index is 0.0390. The van der Waals surface area contributed by atoms with Crippen molar-refractivity contribution >= 4 is 5.91 Å². The topological polar surface area (TPSA) is 95.6 Å². The third kappa shape index (κ3) is 2.79. The summed E-state index contributed by atoms with van der Waals surface area (Å²) in [5, 5.41) is 0. The van der Waals surface area contributed by atoms with Crippen molar-refractivity contribution < 1.29 is 14.3 Å². The molecule has 0 atom stereocenters. The van der Waals surface area contributed by atoms with Gasteiger partial charge in [0.2, 0.25) is 0 Å². The van der Waals surface area contributed by atoms with Crippen molar-refractivity contribution in [3.8, 4) is 17.2 Å². The number of nitrogens with zero attached hydrogens (tertiary/aromatic N) is 1. The summed E-state index contributed by atoms with van der Waals surface area (Å²) in [5.41, 5.74) is 2.93. The molecule has 0 aliphatic heterocycles. The van der Waals surface area contributed by atoms with E-state index in [1.165, 1.54) is 19.4 Å². The summed E-state index contributed by atoms with van der Waals surface area (Å²) in [6.07, 6.45) is 1.45. The third-order valence-corrected chi connectivity index (χ3v) is 3.26. The molecule has 3 N–H and O–H groups in total. The molecule has 1 amide bonds. The van der Waals surface area contributed by atoms with Crippen LogP contribution in [0.2, 0.25) is 0 Å². The van der Waals surface area contributed by atoms with Crippen LogP contribution in [-0.4, -0.2) is 24.7 Å². The Kier molecular flexibility index (Phi) is 4.47. The number of benzene rings is 1. The summed E-state index contributed by atoms with van der Waals surface area (Å²) in [7, 11) is 3.08. The molecular weight excluding hydrogens is 286 g/mol. The van der Waals surface area contributed by atoms with Gasteiger partial charge in [-0.3, -0.25) is 15.0 Å². The van der Waals surface area contributed by atoms with Crippen LogP contribution < -0.4 is 26.2 Å². The van der Waals surface area contributed by atoms with Gasteiger partial charge in [0.1, 0.15) is 5.56 Å². The van der Waals surface area contributed by atoms with E-state index in [1.54, 1.807) is 36.8 Å².